The lowest BCUT2D eigenvalue weighted by molar-refractivity contribution is 0.669. The smallest absolute Gasteiger partial charge is 0.143 e. The predicted molar refractivity (Wildman–Crippen MR) is 254 cm³/mol. The van der Waals surface area contributed by atoms with Gasteiger partial charge in [0.1, 0.15) is 22.3 Å². The molecule has 0 aliphatic heterocycles. The van der Waals surface area contributed by atoms with Crippen molar-refractivity contribution in [1.82, 2.24) is 0 Å². The second-order valence-electron chi connectivity index (χ2n) is 15.6. The van der Waals surface area contributed by atoms with Crippen molar-refractivity contribution < 1.29 is 8.83 Å². The van der Waals surface area contributed by atoms with Crippen LogP contribution in [0.4, 0.5) is 17.1 Å². The molecular formula is C56H33NO2S. The van der Waals surface area contributed by atoms with E-state index in [0.717, 1.165) is 72.1 Å². The third-order valence-corrected chi connectivity index (χ3v) is 13.5. The maximum absolute atomic E-state index is 6.45. The van der Waals surface area contributed by atoms with Gasteiger partial charge >= 0.3 is 0 Å². The zero-order valence-electron chi connectivity index (χ0n) is 32.2. The van der Waals surface area contributed by atoms with E-state index in [2.05, 4.69) is 181 Å². The Labute approximate surface area is 348 Å². The highest BCUT2D eigenvalue weighted by Crippen LogP contribution is 2.44. The van der Waals surface area contributed by atoms with Gasteiger partial charge in [-0.15, -0.1) is 11.3 Å². The Hall–Kier alpha value is -7.66. The van der Waals surface area contributed by atoms with Gasteiger partial charge in [-0.05, 0) is 98.9 Å². The van der Waals surface area contributed by atoms with Crippen LogP contribution in [0.15, 0.2) is 209 Å². The summed E-state index contributed by atoms with van der Waals surface area (Å²) in [5.41, 5.74) is 11.3. The summed E-state index contributed by atoms with van der Waals surface area (Å²) < 4.78 is 15.5. The molecule has 3 aromatic heterocycles. The van der Waals surface area contributed by atoms with Crippen LogP contribution in [0.5, 0.6) is 0 Å². The number of benzene rings is 10. The molecule has 3 nitrogen and oxygen atoms in total. The zero-order chi connectivity index (χ0) is 39.3. The summed E-state index contributed by atoms with van der Waals surface area (Å²) in [5.74, 6) is 0. The van der Waals surface area contributed by atoms with Gasteiger partial charge in [0, 0.05) is 70.4 Å². The summed E-state index contributed by atoms with van der Waals surface area (Å²) in [4.78, 5) is 2.35. The summed E-state index contributed by atoms with van der Waals surface area (Å²) >= 11 is 1.88. The van der Waals surface area contributed by atoms with Gasteiger partial charge in [-0.2, -0.15) is 0 Å². The molecule has 13 aromatic rings. The molecule has 0 radical (unpaired) electrons. The van der Waals surface area contributed by atoms with Crippen molar-refractivity contribution in [3.63, 3.8) is 0 Å². The third kappa shape index (κ3) is 5.08. The first-order valence-corrected chi connectivity index (χ1v) is 21.1. The fourth-order valence-electron chi connectivity index (χ4n) is 9.38. The summed E-state index contributed by atoms with van der Waals surface area (Å²) in [6, 6.07) is 72.1. The highest BCUT2D eigenvalue weighted by atomic mass is 32.1. The zero-order valence-corrected chi connectivity index (χ0v) is 33.0. The number of anilines is 3. The SMILES string of the molecule is c1ccc2c(c1)oc1cc(N(c3ccc(-c4cccc5c4oc4ccccc45)cc3)c3ccc4ccc5ccc(-c6cccc7c6sc6ccccc67)cc5c4c3)ccc12. The molecule has 10 aromatic carbocycles. The lowest BCUT2D eigenvalue weighted by Crippen LogP contribution is -2.09. The van der Waals surface area contributed by atoms with Crippen molar-refractivity contribution in [2.45, 2.75) is 0 Å². The Kier molecular flexibility index (Phi) is 7.18. The summed E-state index contributed by atoms with van der Waals surface area (Å²) in [5, 5.41) is 12.0. The summed E-state index contributed by atoms with van der Waals surface area (Å²) in [7, 11) is 0. The number of rotatable bonds is 5. The van der Waals surface area contributed by atoms with E-state index in [1.807, 2.05) is 35.6 Å². The standard InChI is InChI=1S/C56H33NO2S/c1-4-16-51-43(9-1)45-30-29-40(33-53(45)58-51)57(38-26-23-34(24-27-38)41-12-7-14-47-44-10-2-5-17-52(44)59-55(41)47)39-28-25-36-20-19-35-21-22-37(31-49(35)50(36)32-39)42-13-8-15-48-46-11-3-6-18-54(46)60-56(42)48/h1-33H. The molecule has 0 aliphatic carbocycles. The molecule has 13 rings (SSSR count). The van der Waals surface area contributed by atoms with Gasteiger partial charge < -0.3 is 13.7 Å². The van der Waals surface area contributed by atoms with Crippen molar-refractivity contribution in [2.75, 3.05) is 4.90 Å². The molecule has 0 fully saturated rings. The summed E-state index contributed by atoms with van der Waals surface area (Å²) in [6.07, 6.45) is 0. The molecule has 280 valence electrons. The van der Waals surface area contributed by atoms with Crippen LogP contribution in [0.2, 0.25) is 0 Å². The van der Waals surface area contributed by atoms with E-state index in [0.29, 0.717) is 0 Å². The first-order valence-electron chi connectivity index (χ1n) is 20.3. The van der Waals surface area contributed by atoms with Gasteiger partial charge in [-0.25, -0.2) is 0 Å². The van der Waals surface area contributed by atoms with Gasteiger partial charge in [0.15, 0.2) is 0 Å². The van der Waals surface area contributed by atoms with Crippen molar-refractivity contribution >= 4 is 114 Å². The average Bonchev–Trinajstić information content (AvgIpc) is 4.00. The van der Waals surface area contributed by atoms with Crippen LogP contribution in [-0.2, 0) is 0 Å². The Morgan fingerprint density at radius 1 is 0.333 bits per heavy atom. The van der Waals surface area contributed by atoms with E-state index >= 15 is 0 Å². The second-order valence-corrected chi connectivity index (χ2v) is 16.7. The Bertz CT molecular complexity index is 3850. The van der Waals surface area contributed by atoms with Crippen molar-refractivity contribution in [3.8, 4) is 22.3 Å². The number of thiophene rings is 1. The molecule has 0 spiro atoms. The minimum Gasteiger partial charge on any atom is -0.456 e. The molecule has 3 heterocycles. The lowest BCUT2D eigenvalue weighted by atomic mass is 9.96. The quantitative estimate of drug-likeness (QED) is 0.163. The Morgan fingerprint density at radius 3 is 1.73 bits per heavy atom. The van der Waals surface area contributed by atoms with Crippen LogP contribution >= 0.6 is 11.3 Å². The lowest BCUT2D eigenvalue weighted by Gasteiger charge is -2.26. The van der Waals surface area contributed by atoms with Crippen molar-refractivity contribution in [2.24, 2.45) is 0 Å². The van der Waals surface area contributed by atoms with Crippen molar-refractivity contribution in [3.05, 3.63) is 200 Å². The number of hydrogen-bond donors (Lipinski definition) is 0. The molecule has 0 unspecified atom stereocenters. The van der Waals surface area contributed by atoms with Gasteiger partial charge in [-0.3, -0.25) is 0 Å². The maximum Gasteiger partial charge on any atom is 0.143 e. The Morgan fingerprint density at radius 2 is 0.900 bits per heavy atom. The van der Waals surface area contributed by atoms with Crippen LogP contribution in [-0.4, -0.2) is 0 Å². The number of para-hydroxylation sites is 3. The fourth-order valence-corrected chi connectivity index (χ4v) is 10.6. The molecule has 60 heavy (non-hydrogen) atoms. The van der Waals surface area contributed by atoms with E-state index in [4.69, 9.17) is 8.83 Å². The molecule has 0 atom stereocenters. The minimum atomic E-state index is 0.859. The molecular weight excluding hydrogens is 751 g/mol. The first kappa shape index (κ1) is 33.3. The molecule has 0 bridgehead atoms. The van der Waals surface area contributed by atoms with Gasteiger partial charge in [-0.1, -0.05) is 133 Å². The normalized spacial score (nSPS) is 12.0. The highest BCUT2D eigenvalue weighted by molar-refractivity contribution is 7.26. The van der Waals surface area contributed by atoms with Crippen LogP contribution in [0.3, 0.4) is 0 Å². The largest absolute Gasteiger partial charge is 0.456 e. The van der Waals surface area contributed by atoms with E-state index in [-0.39, 0.29) is 0 Å². The fraction of sp³-hybridized carbons (Fsp3) is 0. The van der Waals surface area contributed by atoms with Gasteiger partial charge in [0.2, 0.25) is 0 Å². The van der Waals surface area contributed by atoms with Crippen LogP contribution in [0.25, 0.3) is 108 Å². The van der Waals surface area contributed by atoms with E-state index in [9.17, 15) is 0 Å². The van der Waals surface area contributed by atoms with E-state index in [1.54, 1.807) is 0 Å². The highest BCUT2D eigenvalue weighted by Gasteiger charge is 2.19. The number of hydrogen-bond acceptors (Lipinski definition) is 4. The van der Waals surface area contributed by atoms with Crippen LogP contribution in [0, 0.1) is 0 Å². The molecule has 0 aliphatic rings. The molecule has 0 saturated heterocycles. The van der Waals surface area contributed by atoms with Gasteiger partial charge in [0.25, 0.3) is 0 Å². The van der Waals surface area contributed by atoms with Crippen molar-refractivity contribution in [1.29, 1.82) is 0 Å². The molecule has 0 N–H and O–H groups in total. The van der Waals surface area contributed by atoms with Gasteiger partial charge in [0.05, 0.1) is 0 Å². The van der Waals surface area contributed by atoms with E-state index < -0.39 is 0 Å². The maximum atomic E-state index is 6.45. The molecule has 0 amide bonds. The van der Waals surface area contributed by atoms with Crippen LogP contribution in [0.1, 0.15) is 0 Å². The molecule has 4 heteroatoms. The number of fused-ring (bicyclic) bond motifs is 12. The third-order valence-electron chi connectivity index (χ3n) is 12.3. The van der Waals surface area contributed by atoms with E-state index in [1.165, 1.54) is 52.8 Å². The monoisotopic (exact) mass is 783 g/mol. The molecule has 0 saturated carbocycles. The minimum absolute atomic E-state index is 0.859. The van der Waals surface area contributed by atoms with Crippen LogP contribution < -0.4 is 4.90 Å². The number of furan rings is 2. The summed E-state index contributed by atoms with van der Waals surface area (Å²) in [6.45, 7) is 0. The first-order chi connectivity index (χ1) is 29.7. The number of nitrogens with zero attached hydrogens (tertiary/aromatic N) is 1. The second kappa shape index (κ2) is 12.9. The average molecular weight is 784 g/mol. The topological polar surface area (TPSA) is 29.5 Å². The predicted octanol–water partition coefficient (Wildman–Crippen LogP) is 17.0. The Balaban J connectivity index is 0.984.